The van der Waals surface area contributed by atoms with Crippen LogP contribution < -0.4 is 0 Å². The second-order valence-corrected chi connectivity index (χ2v) is 7.31. The van der Waals surface area contributed by atoms with Crippen molar-refractivity contribution in [2.45, 2.75) is 68.2 Å². The fraction of sp³-hybridized carbons (Fsp3) is 1.00. The molecule has 5 fully saturated rings. The molecule has 0 aromatic rings. The lowest BCUT2D eigenvalue weighted by Crippen LogP contribution is -2.67. The Balaban J connectivity index is 1.28. The predicted octanol–water partition coefficient (Wildman–Crippen LogP) is -2.41. The number of methoxy groups -OCH3 is 1. The summed E-state index contributed by atoms with van der Waals surface area (Å²) in [7, 11) is 0.767. The van der Waals surface area contributed by atoms with Crippen molar-refractivity contribution < 1.29 is 47.9 Å². The van der Waals surface area contributed by atoms with Gasteiger partial charge in [-0.25, -0.2) is 0 Å². The monoisotopic (exact) mass is 372 g/mol. The van der Waals surface area contributed by atoms with E-state index in [9.17, 15) is 10.2 Å². The second kappa shape index (κ2) is 6.66. The molecule has 10 atom stereocenters. The first-order chi connectivity index (χ1) is 12.6. The van der Waals surface area contributed by atoms with E-state index in [1.54, 1.807) is 6.82 Å². The van der Waals surface area contributed by atoms with Crippen molar-refractivity contribution in [3.05, 3.63) is 0 Å². The van der Waals surface area contributed by atoms with Crippen molar-refractivity contribution in [3.8, 4) is 0 Å². The first-order valence-electron chi connectivity index (χ1n) is 8.96. The maximum atomic E-state index is 10.6. The van der Waals surface area contributed by atoms with Gasteiger partial charge in [-0.15, -0.1) is 0 Å². The van der Waals surface area contributed by atoms with Gasteiger partial charge in [0.15, 0.2) is 12.6 Å². The van der Waals surface area contributed by atoms with Crippen LogP contribution in [0.25, 0.3) is 0 Å². The third-order valence-corrected chi connectivity index (χ3v) is 5.69. The maximum Gasteiger partial charge on any atom is 0.446 e. The Bertz CT molecular complexity index is 522. The van der Waals surface area contributed by atoms with Crippen LogP contribution in [-0.2, 0) is 37.6 Å². The van der Waals surface area contributed by atoms with E-state index in [0.29, 0.717) is 13.2 Å². The molecule has 26 heavy (non-hydrogen) atoms. The molecule has 0 aromatic heterocycles. The van der Waals surface area contributed by atoms with Gasteiger partial charge in [-0.3, -0.25) is 0 Å². The molecule has 5 aliphatic heterocycles. The lowest BCUT2D eigenvalue weighted by molar-refractivity contribution is -0.244. The molecule has 10 nitrogen and oxygen atoms in total. The summed E-state index contributed by atoms with van der Waals surface area (Å²) in [6, 6.07) is 0. The van der Waals surface area contributed by atoms with Gasteiger partial charge < -0.3 is 47.9 Å². The highest BCUT2D eigenvalue weighted by Gasteiger charge is 2.59. The minimum Gasteiger partial charge on any atom is -0.429 e. The molecule has 6 bridgehead atoms. The van der Waals surface area contributed by atoms with E-state index in [2.05, 4.69) is 0 Å². The van der Waals surface area contributed by atoms with Crippen LogP contribution in [0, 0.1) is 0 Å². The summed E-state index contributed by atoms with van der Waals surface area (Å²) >= 11 is 0. The Morgan fingerprint density at radius 1 is 0.923 bits per heavy atom. The summed E-state index contributed by atoms with van der Waals surface area (Å²) in [6.07, 6.45) is -6.05. The Hall–Kier alpha value is -0.270. The first kappa shape index (κ1) is 17.8. The molecule has 2 N–H and O–H groups in total. The second-order valence-electron chi connectivity index (χ2n) is 7.31. The maximum absolute atomic E-state index is 10.6. The zero-order valence-electron chi connectivity index (χ0n) is 14.5. The van der Waals surface area contributed by atoms with E-state index in [1.165, 1.54) is 7.11 Å². The minimum atomic E-state index is -0.898. The van der Waals surface area contributed by atoms with Crippen molar-refractivity contribution in [1.82, 2.24) is 0 Å². The van der Waals surface area contributed by atoms with Gasteiger partial charge in [-0.2, -0.15) is 0 Å². The Morgan fingerprint density at radius 3 is 2.42 bits per heavy atom. The molecule has 5 rings (SSSR count). The van der Waals surface area contributed by atoms with Crippen LogP contribution in [-0.4, -0.2) is 106 Å². The first-order valence-corrected chi connectivity index (χ1v) is 8.96. The lowest BCUT2D eigenvalue weighted by Gasteiger charge is -2.46. The van der Waals surface area contributed by atoms with E-state index in [0.717, 1.165) is 0 Å². The van der Waals surface area contributed by atoms with Gasteiger partial charge in [-0.1, -0.05) is 6.82 Å². The van der Waals surface area contributed by atoms with Gasteiger partial charge in [0.2, 0.25) is 0 Å². The van der Waals surface area contributed by atoms with Gasteiger partial charge in [0, 0.05) is 7.11 Å². The van der Waals surface area contributed by atoms with Gasteiger partial charge >= 0.3 is 13.8 Å². The van der Waals surface area contributed by atoms with Crippen molar-refractivity contribution in [3.63, 3.8) is 0 Å². The molecule has 0 aromatic carbocycles. The molecule has 0 radical (unpaired) electrons. The summed E-state index contributed by atoms with van der Waals surface area (Å²) in [5.41, 5.74) is 0. The standard InChI is InChI=1S/C14H22B2O10/c1-15(24-9-5-3-20-13(22-5)11(19-2)7(9)17)16-25-10-6-4-21-14(23-6)12(26-16)8(10)18/h5-14,17-18H,3-4H2,1-2H3/t5?,6-,7-,8-,9?,10-,11?,12?,13-,14+/m0/s1. The van der Waals surface area contributed by atoms with Crippen molar-refractivity contribution in [2.24, 2.45) is 0 Å². The van der Waals surface area contributed by atoms with Crippen LogP contribution in [0.4, 0.5) is 0 Å². The summed E-state index contributed by atoms with van der Waals surface area (Å²) in [4.78, 5) is 0. The van der Waals surface area contributed by atoms with Crippen LogP contribution in [0.2, 0.25) is 6.82 Å². The van der Waals surface area contributed by atoms with Gasteiger partial charge in [0.05, 0.1) is 25.4 Å². The highest BCUT2D eigenvalue weighted by atomic mass is 16.8. The molecule has 5 heterocycles. The minimum absolute atomic E-state index is 0.321. The Morgan fingerprint density at radius 2 is 1.62 bits per heavy atom. The third-order valence-electron chi connectivity index (χ3n) is 5.69. The highest BCUT2D eigenvalue weighted by Crippen LogP contribution is 2.37. The molecular formula is C14H22B2O10. The number of hydrogen-bond acceptors (Lipinski definition) is 10. The van der Waals surface area contributed by atoms with E-state index < -0.39 is 63.0 Å². The van der Waals surface area contributed by atoms with Gasteiger partial charge in [-0.05, 0) is 0 Å². The molecule has 0 spiro atoms. The molecule has 4 unspecified atom stereocenters. The summed E-state index contributed by atoms with van der Waals surface area (Å²) < 4.78 is 45.4. The molecule has 144 valence electrons. The van der Waals surface area contributed by atoms with Crippen molar-refractivity contribution in [1.29, 1.82) is 0 Å². The number of ether oxygens (including phenoxy) is 5. The van der Waals surface area contributed by atoms with E-state index in [4.69, 9.17) is 37.6 Å². The zero-order valence-corrected chi connectivity index (χ0v) is 14.5. The van der Waals surface area contributed by atoms with Gasteiger partial charge in [0.25, 0.3) is 0 Å². The summed E-state index contributed by atoms with van der Waals surface area (Å²) in [5, 5.41) is 20.9. The summed E-state index contributed by atoms with van der Waals surface area (Å²) in [6.45, 7) is 1.95. The van der Waals surface area contributed by atoms with E-state index in [-0.39, 0.29) is 12.2 Å². The third kappa shape index (κ3) is 2.67. The molecule has 0 saturated carbocycles. The predicted molar refractivity (Wildman–Crippen MR) is 84.0 cm³/mol. The topological polar surface area (TPSA) is 114 Å². The number of aliphatic hydroxyl groups is 2. The number of hydrogen-bond donors (Lipinski definition) is 2. The van der Waals surface area contributed by atoms with Crippen LogP contribution in [0.1, 0.15) is 0 Å². The van der Waals surface area contributed by atoms with E-state index >= 15 is 0 Å². The fourth-order valence-corrected chi connectivity index (χ4v) is 4.31. The van der Waals surface area contributed by atoms with Crippen LogP contribution >= 0.6 is 0 Å². The molecular weight excluding hydrogens is 350 g/mol. The van der Waals surface area contributed by atoms with E-state index in [1.807, 2.05) is 0 Å². The molecule has 0 aliphatic carbocycles. The average Bonchev–Trinajstić information content (AvgIpc) is 3.25. The normalized spacial score (nSPS) is 52.4. The molecule has 0 amide bonds. The molecule has 5 saturated heterocycles. The quantitative estimate of drug-likeness (QED) is 0.518. The molecule has 12 heteroatoms. The van der Waals surface area contributed by atoms with Crippen molar-refractivity contribution >= 4 is 13.8 Å². The summed E-state index contributed by atoms with van der Waals surface area (Å²) in [5.74, 6) is 0. The fourth-order valence-electron chi connectivity index (χ4n) is 4.31. The molecule has 5 aliphatic rings. The number of rotatable bonds is 4. The zero-order chi connectivity index (χ0) is 18.0. The van der Waals surface area contributed by atoms with Crippen LogP contribution in [0.5, 0.6) is 0 Å². The lowest BCUT2D eigenvalue weighted by atomic mass is 9.37. The smallest absolute Gasteiger partial charge is 0.429 e. The van der Waals surface area contributed by atoms with Crippen LogP contribution in [0.3, 0.4) is 0 Å². The Labute approximate surface area is 151 Å². The largest absolute Gasteiger partial charge is 0.446 e. The van der Waals surface area contributed by atoms with Crippen LogP contribution in [0.15, 0.2) is 0 Å². The van der Waals surface area contributed by atoms with Crippen molar-refractivity contribution in [2.75, 3.05) is 20.3 Å². The van der Waals surface area contributed by atoms with Gasteiger partial charge in [0.1, 0.15) is 36.6 Å². The SMILES string of the molecule is COC1[C@H]2OCC(O2)C(OB(C)B2OC3[C@@H]4OC[C@H](O4)[C@H](O2)[C@@H]3O)[C@@H]1O. The average molecular weight is 372 g/mol. The number of aliphatic hydroxyl groups excluding tert-OH is 2. The Kier molecular flexibility index (Phi) is 4.56. The highest BCUT2D eigenvalue weighted by molar-refractivity contribution is 7.13. The number of fused-ring (bicyclic) bond motifs is 8.